The van der Waals surface area contributed by atoms with Crippen molar-refractivity contribution < 1.29 is 27.7 Å². The number of thiazole rings is 1. The van der Waals surface area contributed by atoms with E-state index >= 15 is 0 Å². The molecule has 11 nitrogen and oxygen atoms in total. The van der Waals surface area contributed by atoms with Crippen LogP contribution in [0.25, 0.3) is 10.2 Å². The van der Waals surface area contributed by atoms with Crippen molar-refractivity contribution in [3.05, 3.63) is 33.1 Å². The largest absolute Gasteiger partial charge is 0.383 e. The van der Waals surface area contributed by atoms with E-state index in [1.807, 2.05) is 6.92 Å². The molecule has 1 fully saturated rings. The van der Waals surface area contributed by atoms with E-state index in [1.54, 1.807) is 15.5 Å². The van der Waals surface area contributed by atoms with Gasteiger partial charge in [0.1, 0.15) is 11.5 Å². The predicted molar refractivity (Wildman–Crippen MR) is 123 cm³/mol. The van der Waals surface area contributed by atoms with Crippen LogP contribution in [0.3, 0.4) is 0 Å². The van der Waals surface area contributed by atoms with Gasteiger partial charge in [-0.15, -0.1) is 0 Å². The minimum absolute atomic E-state index is 0.0239. The third kappa shape index (κ3) is 6.24. The Labute approximate surface area is 194 Å². The lowest BCUT2D eigenvalue weighted by molar-refractivity contribution is -0.384. The molecule has 2 heterocycles. The number of benzene rings is 1. The molecule has 2 amide bonds. The number of amides is 2. The maximum Gasteiger partial charge on any atom is 0.270 e. The first-order chi connectivity index (χ1) is 15.6. The number of nitro groups is 1. The summed E-state index contributed by atoms with van der Waals surface area (Å²) in [6, 6.07) is 4.26. The van der Waals surface area contributed by atoms with Gasteiger partial charge in [0.15, 0.2) is 14.6 Å². The van der Waals surface area contributed by atoms with Crippen molar-refractivity contribution >= 4 is 48.9 Å². The zero-order chi connectivity index (χ0) is 24.2. The second kappa shape index (κ2) is 10.5. The lowest BCUT2D eigenvalue weighted by Gasteiger charge is -2.33. The molecule has 1 atom stereocenters. The van der Waals surface area contributed by atoms with Crippen molar-refractivity contribution in [1.82, 2.24) is 9.47 Å². The van der Waals surface area contributed by atoms with Crippen LogP contribution in [0.15, 0.2) is 23.2 Å². The van der Waals surface area contributed by atoms with Gasteiger partial charge >= 0.3 is 0 Å². The highest BCUT2D eigenvalue weighted by atomic mass is 32.2. The van der Waals surface area contributed by atoms with Crippen molar-refractivity contribution in [2.45, 2.75) is 38.8 Å². The Balaban J connectivity index is 1.83. The third-order valence-electron chi connectivity index (χ3n) is 5.43. The zero-order valence-corrected chi connectivity index (χ0v) is 20.1. The first-order valence-corrected chi connectivity index (χ1v) is 13.1. The molecule has 13 heteroatoms. The molecule has 33 heavy (non-hydrogen) atoms. The van der Waals surface area contributed by atoms with Gasteiger partial charge in [-0.05, 0) is 32.3 Å². The standard InChI is InChI=1S/C20H26N4O7S2/c1-14-5-3-4-8-22(14)19(26)13-33(29,30)12-18(25)21-20-23(9-10-31-2)16-7-6-15(24(27)28)11-17(16)32-20/h6-7,11,14H,3-5,8-10,12-13H2,1-2H3. The van der Waals surface area contributed by atoms with E-state index in [4.69, 9.17) is 4.74 Å². The van der Waals surface area contributed by atoms with Crippen molar-refractivity contribution in [1.29, 1.82) is 0 Å². The summed E-state index contributed by atoms with van der Waals surface area (Å²) in [5.41, 5.74) is 0.514. The van der Waals surface area contributed by atoms with E-state index in [9.17, 15) is 28.1 Å². The number of rotatable bonds is 8. The van der Waals surface area contributed by atoms with E-state index in [2.05, 4.69) is 4.99 Å². The molecular formula is C20H26N4O7S2. The SMILES string of the molecule is COCCn1c(=NC(=O)CS(=O)(=O)CC(=O)N2CCCCC2C)sc2cc([N+](=O)[O-])ccc21. The smallest absolute Gasteiger partial charge is 0.270 e. The summed E-state index contributed by atoms with van der Waals surface area (Å²) < 4.78 is 32.3. The summed E-state index contributed by atoms with van der Waals surface area (Å²) in [5, 5.41) is 11.1. The van der Waals surface area contributed by atoms with E-state index in [0.717, 1.165) is 30.6 Å². The molecule has 0 N–H and O–H groups in total. The average Bonchev–Trinajstić information content (AvgIpc) is 3.07. The Bertz CT molecular complexity index is 1230. The highest BCUT2D eigenvalue weighted by Gasteiger charge is 2.28. The maximum atomic E-state index is 12.5. The summed E-state index contributed by atoms with van der Waals surface area (Å²) >= 11 is 1.04. The number of piperidine rings is 1. The summed E-state index contributed by atoms with van der Waals surface area (Å²) in [5.74, 6) is -3.03. The molecule has 1 aliphatic rings. The number of aromatic nitrogens is 1. The number of carbonyl (C=O) groups excluding carboxylic acids is 2. The van der Waals surface area contributed by atoms with Crippen molar-refractivity contribution in [3.63, 3.8) is 0 Å². The van der Waals surface area contributed by atoms with Crippen LogP contribution in [0.4, 0.5) is 5.69 Å². The van der Waals surface area contributed by atoms with Gasteiger partial charge in [0, 0.05) is 38.4 Å². The Morgan fingerprint density at radius 2 is 2.06 bits per heavy atom. The molecule has 2 aromatic rings. The third-order valence-corrected chi connectivity index (χ3v) is 7.84. The van der Waals surface area contributed by atoms with Crippen LogP contribution in [-0.4, -0.2) is 72.4 Å². The van der Waals surface area contributed by atoms with Crippen LogP contribution in [0, 0.1) is 10.1 Å². The summed E-state index contributed by atoms with van der Waals surface area (Å²) in [7, 11) is -2.50. The molecule has 0 radical (unpaired) electrons. The normalized spacial score (nSPS) is 17.5. The van der Waals surface area contributed by atoms with Gasteiger partial charge in [-0.2, -0.15) is 4.99 Å². The molecule has 0 bridgehead atoms. The van der Waals surface area contributed by atoms with E-state index in [-0.39, 0.29) is 16.5 Å². The van der Waals surface area contributed by atoms with Crippen molar-refractivity contribution in [2.75, 3.05) is 31.8 Å². The summed E-state index contributed by atoms with van der Waals surface area (Å²) in [6.45, 7) is 3.01. The number of fused-ring (bicyclic) bond motifs is 1. The van der Waals surface area contributed by atoms with Crippen LogP contribution < -0.4 is 4.80 Å². The topological polar surface area (TPSA) is 141 Å². The fourth-order valence-corrected chi connectivity index (χ4v) is 5.97. The second-order valence-electron chi connectivity index (χ2n) is 7.91. The molecule has 0 aliphatic carbocycles. The number of ether oxygens (including phenoxy) is 1. The lowest BCUT2D eigenvalue weighted by atomic mass is 10.0. The number of nitro benzene ring substituents is 1. The molecule has 1 aromatic heterocycles. The minimum Gasteiger partial charge on any atom is -0.383 e. The van der Waals surface area contributed by atoms with Crippen LogP contribution in [0.5, 0.6) is 0 Å². The molecule has 0 saturated carbocycles. The molecule has 1 unspecified atom stereocenters. The Morgan fingerprint density at radius 3 is 2.73 bits per heavy atom. The Kier molecular flexibility index (Phi) is 7.97. The zero-order valence-electron chi connectivity index (χ0n) is 18.4. The molecule has 0 spiro atoms. The molecule has 180 valence electrons. The molecular weight excluding hydrogens is 472 g/mol. The quantitative estimate of drug-likeness (QED) is 0.397. The maximum absolute atomic E-state index is 12.5. The molecule has 1 aliphatic heterocycles. The van der Waals surface area contributed by atoms with Gasteiger partial charge in [-0.3, -0.25) is 19.7 Å². The van der Waals surface area contributed by atoms with Crippen LogP contribution in [0.2, 0.25) is 0 Å². The van der Waals surface area contributed by atoms with E-state index in [0.29, 0.717) is 29.9 Å². The van der Waals surface area contributed by atoms with E-state index < -0.39 is 38.1 Å². The van der Waals surface area contributed by atoms with Gasteiger partial charge in [0.05, 0.1) is 21.7 Å². The number of likely N-dealkylation sites (tertiary alicyclic amines) is 1. The van der Waals surface area contributed by atoms with Crippen LogP contribution in [0.1, 0.15) is 26.2 Å². The van der Waals surface area contributed by atoms with Gasteiger partial charge in [-0.25, -0.2) is 8.42 Å². The van der Waals surface area contributed by atoms with Crippen LogP contribution in [-0.2, 0) is 30.7 Å². The number of sulfone groups is 1. The molecule has 1 saturated heterocycles. The fourth-order valence-electron chi connectivity index (χ4n) is 3.78. The van der Waals surface area contributed by atoms with Gasteiger partial charge in [0.2, 0.25) is 5.91 Å². The number of non-ortho nitro benzene ring substituents is 1. The monoisotopic (exact) mass is 498 g/mol. The number of carbonyl (C=O) groups is 2. The average molecular weight is 499 g/mol. The Morgan fingerprint density at radius 1 is 1.30 bits per heavy atom. The number of nitrogens with zero attached hydrogens (tertiary/aromatic N) is 4. The Hall–Kier alpha value is -2.64. The first kappa shape index (κ1) is 25.0. The summed E-state index contributed by atoms with van der Waals surface area (Å²) in [4.78, 5) is 41.3. The van der Waals surface area contributed by atoms with Gasteiger partial charge < -0.3 is 14.2 Å². The first-order valence-electron chi connectivity index (χ1n) is 10.5. The van der Waals surface area contributed by atoms with Gasteiger partial charge in [0.25, 0.3) is 11.6 Å². The second-order valence-corrected chi connectivity index (χ2v) is 11.0. The highest BCUT2D eigenvalue weighted by Crippen LogP contribution is 2.23. The highest BCUT2D eigenvalue weighted by molar-refractivity contribution is 7.92. The van der Waals surface area contributed by atoms with Crippen molar-refractivity contribution in [3.8, 4) is 0 Å². The number of hydrogen-bond acceptors (Lipinski definition) is 8. The molecule has 1 aromatic carbocycles. The summed E-state index contributed by atoms with van der Waals surface area (Å²) in [6.07, 6.45) is 2.65. The predicted octanol–water partition coefficient (Wildman–Crippen LogP) is 1.50. The molecule has 3 rings (SSSR count). The van der Waals surface area contributed by atoms with Crippen LogP contribution >= 0.6 is 11.3 Å². The van der Waals surface area contributed by atoms with Gasteiger partial charge in [-0.1, -0.05) is 11.3 Å². The number of hydrogen-bond donors (Lipinski definition) is 0. The minimum atomic E-state index is -4.00. The van der Waals surface area contributed by atoms with E-state index in [1.165, 1.54) is 19.2 Å². The fraction of sp³-hybridized carbons (Fsp3) is 0.550. The lowest BCUT2D eigenvalue weighted by Crippen LogP contribution is -2.45. The van der Waals surface area contributed by atoms with Crippen molar-refractivity contribution in [2.24, 2.45) is 4.99 Å². The number of methoxy groups -OCH3 is 1.